The van der Waals surface area contributed by atoms with E-state index in [4.69, 9.17) is 0 Å². The van der Waals surface area contributed by atoms with E-state index in [0.717, 1.165) is 23.7 Å². The molecule has 21 heavy (non-hydrogen) atoms. The minimum atomic E-state index is -0.380. The SMILES string of the molecule is Oc1cc(F)c2c(c1)CCN(Cc1cc(F)cc(Br)c1)C2. The van der Waals surface area contributed by atoms with Crippen LogP contribution in [0.5, 0.6) is 5.75 Å². The van der Waals surface area contributed by atoms with Crippen LogP contribution in [0.4, 0.5) is 8.78 Å². The maximum Gasteiger partial charge on any atom is 0.131 e. The van der Waals surface area contributed by atoms with Gasteiger partial charge in [0.05, 0.1) is 0 Å². The largest absolute Gasteiger partial charge is 0.508 e. The van der Waals surface area contributed by atoms with Crippen molar-refractivity contribution in [3.05, 3.63) is 63.1 Å². The second kappa shape index (κ2) is 5.73. The molecule has 1 aliphatic heterocycles. The van der Waals surface area contributed by atoms with Crippen molar-refractivity contribution in [3.8, 4) is 5.75 Å². The Morgan fingerprint density at radius 1 is 1.14 bits per heavy atom. The Bertz CT molecular complexity index is 670. The van der Waals surface area contributed by atoms with Crippen LogP contribution in [0, 0.1) is 11.6 Å². The van der Waals surface area contributed by atoms with Crippen LogP contribution in [-0.4, -0.2) is 16.6 Å². The maximum absolute atomic E-state index is 13.9. The minimum Gasteiger partial charge on any atom is -0.508 e. The molecule has 0 aromatic heterocycles. The highest BCUT2D eigenvalue weighted by Gasteiger charge is 2.20. The lowest BCUT2D eigenvalue weighted by atomic mass is 9.98. The molecule has 1 aliphatic rings. The van der Waals surface area contributed by atoms with Gasteiger partial charge in [0, 0.05) is 35.7 Å². The molecule has 0 atom stereocenters. The fourth-order valence-corrected chi connectivity index (χ4v) is 3.27. The van der Waals surface area contributed by atoms with Gasteiger partial charge in [0.1, 0.15) is 17.4 Å². The zero-order valence-corrected chi connectivity index (χ0v) is 12.8. The highest BCUT2D eigenvalue weighted by atomic mass is 79.9. The number of halogens is 3. The van der Waals surface area contributed by atoms with Gasteiger partial charge in [-0.05, 0) is 41.8 Å². The van der Waals surface area contributed by atoms with Gasteiger partial charge in [-0.25, -0.2) is 8.78 Å². The number of benzene rings is 2. The van der Waals surface area contributed by atoms with Crippen LogP contribution in [0.25, 0.3) is 0 Å². The molecule has 2 aromatic carbocycles. The summed E-state index contributed by atoms with van der Waals surface area (Å²) in [5, 5.41) is 9.43. The number of phenols is 1. The molecule has 110 valence electrons. The highest BCUT2D eigenvalue weighted by Crippen LogP contribution is 2.27. The van der Waals surface area contributed by atoms with Gasteiger partial charge in [0.25, 0.3) is 0 Å². The first-order valence-corrected chi connectivity index (χ1v) is 7.48. The first-order chi connectivity index (χ1) is 10.0. The smallest absolute Gasteiger partial charge is 0.131 e. The summed E-state index contributed by atoms with van der Waals surface area (Å²) in [5.74, 6) is -0.697. The second-order valence-electron chi connectivity index (χ2n) is 5.30. The van der Waals surface area contributed by atoms with Crippen molar-refractivity contribution in [2.45, 2.75) is 19.5 Å². The average molecular weight is 354 g/mol. The zero-order chi connectivity index (χ0) is 15.0. The van der Waals surface area contributed by atoms with E-state index in [1.165, 1.54) is 12.1 Å². The van der Waals surface area contributed by atoms with Crippen molar-refractivity contribution in [3.63, 3.8) is 0 Å². The number of rotatable bonds is 2. The maximum atomic E-state index is 13.9. The number of hydrogen-bond acceptors (Lipinski definition) is 2. The summed E-state index contributed by atoms with van der Waals surface area (Å²) in [6.07, 6.45) is 0.678. The van der Waals surface area contributed by atoms with Gasteiger partial charge in [-0.1, -0.05) is 15.9 Å². The van der Waals surface area contributed by atoms with Crippen LogP contribution >= 0.6 is 15.9 Å². The molecule has 0 saturated heterocycles. The molecule has 0 radical (unpaired) electrons. The standard InChI is InChI=1S/C16H14BrF2NO/c17-12-3-10(4-13(18)6-12)8-20-2-1-11-5-14(21)7-16(19)15(11)9-20/h3-7,21H,1-2,8-9H2. The van der Waals surface area contributed by atoms with Crippen molar-refractivity contribution in [2.24, 2.45) is 0 Å². The lowest BCUT2D eigenvalue weighted by molar-refractivity contribution is 0.240. The summed E-state index contributed by atoms with van der Waals surface area (Å²) < 4.78 is 28.0. The molecule has 2 nitrogen and oxygen atoms in total. The molecular weight excluding hydrogens is 340 g/mol. The minimum absolute atomic E-state index is 0.0336. The van der Waals surface area contributed by atoms with Crippen molar-refractivity contribution in [2.75, 3.05) is 6.54 Å². The molecule has 0 amide bonds. The van der Waals surface area contributed by atoms with E-state index in [-0.39, 0.29) is 17.4 Å². The summed E-state index contributed by atoms with van der Waals surface area (Å²) in [6, 6.07) is 7.53. The summed E-state index contributed by atoms with van der Waals surface area (Å²) in [5.41, 5.74) is 2.32. The van der Waals surface area contributed by atoms with Gasteiger partial charge in [0.2, 0.25) is 0 Å². The Morgan fingerprint density at radius 3 is 2.71 bits per heavy atom. The van der Waals surface area contributed by atoms with Crippen LogP contribution in [0.2, 0.25) is 0 Å². The number of hydrogen-bond donors (Lipinski definition) is 1. The molecular formula is C16H14BrF2NO. The monoisotopic (exact) mass is 353 g/mol. The molecule has 0 spiro atoms. The number of nitrogens with zero attached hydrogens (tertiary/aromatic N) is 1. The summed E-state index contributed by atoms with van der Waals surface area (Å²) in [4.78, 5) is 2.07. The first-order valence-electron chi connectivity index (χ1n) is 6.69. The van der Waals surface area contributed by atoms with E-state index in [0.29, 0.717) is 29.5 Å². The highest BCUT2D eigenvalue weighted by molar-refractivity contribution is 9.10. The topological polar surface area (TPSA) is 23.5 Å². The fraction of sp³-hybridized carbons (Fsp3) is 0.250. The van der Waals surface area contributed by atoms with Crippen LogP contribution in [0.15, 0.2) is 34.8 Å². The molecule has 0 fully saturated rings. The number of fused-ring (bicyclic) bond motifs is 1. The van der Waals surface area contributed by atoms with Crippen molar-refractivity contribution < 1.29 is 13.9 Å². The molecule has 0 bridgehead atoms. The molecule has 5 heteroatoms. The molecule has 0 unspecified atom stereocenters. The summed E-state index contributed by atoms with van der Waals surface area (Å²) in [6.45, 7) is 1.79. The van der Waals surface area contributed by atoms with E-state index in [9.17, 15) is 13.9 Å². The molecule has 3 rings (SSSR count). The Labute approximate surface area is 130 Å². The van der Waals surface area contributed by atoms with E-state index < -0.39 is 0 Å². The van der Waals surface area contributed by atoms with Crippen molar-refractivity contribution in [1.29, 1.82) is 0 Å². The third kappa shape index (κ3) is 3.24. The van der Waals surface area contributed by atoms with E-state index in [2.05, 4.69) is 20.8 Å². The Balaban J connectivity index is 1.80. The lowest BCUT2D eigenvalue weighted by Gasteiger charge is -2.29. The molecule has 2 aromatic rings. The molecule has 0 saturated carbocycles. The van der Waals surface area contributed by atoms with Crippen molar-refractivity contribution >= 4 is 15.9 Å². The van der Waals surface area contributed by atoms with Gasteiger partial charge in [0.15, 0.2) is 0 Å². The number of aromatic hydroxyl groups is 1. The van der Waals surface area contributed by atoms with Crippen LogP contribution < -0.4 is 0 Å². The lowest BCUT2D eigenvalue weighted by Crippen LogP contribution is -2.30. The molecule has 1 N–H and O–H groups in total. The predicted octanol–water partition coefficient (Wildman–Crippen LogP) is 3.99. The van der Waals surface area contributed by atoms with Gasteiger partial charge in [-0.15, -0.1) is 0 Å². The van der Waals surface area contributed by atoms with Gasteiger partial charge < -0.3 is 5.11 Å². The Morgan fingerprint density at radius 2 is 1.95 bits per heavy atom. The zero-order valence-electron chi connectivity index (χ0n) is 11.2. The van der Waals surface area contributed by atoms with Gasteiger partial charge >= 0.3 is 0 Å². The summed E-state index contributed by atoms with van der Waals surface area (Å²) >= 11 is 3.28. The number of phenolic OH excluding ortho intramolecular Hbond substituents is 1. The molecule has 0 aliphatic carbocycles. The third-order valence-electron chi connectivity index (χ3n) is 3.68. The normalized spacial score (nSPS) is 15.0. The van der Waals surface area contributed by atoms with E-state index in [1.54, 1.807) is 6.07 Å². The van der Waals surface area contributed by atoms with Gasteiger partial charge in [-0.2, -0.15) is 0 Å². The first kappa shape index (κ1) is 14.5. The van der Waals surface area contributed by atoms with Crippen molar-refractivity contribution in [1.82, 2.24) is 4.90 Å². The second-order valence-corrected chi connectivity index (χ2v) is 6.22. The quantitative estimate of drug-likeness (QED) is 0.882. The molecule has 1 heterocycles. The van der Waals surface area contributed by atoms with E-state index in [1.807, 2.05) is 6.07 Å². The van der Waals surface area contributed by atoms with Crippen LogP contribution in [0.1, 0.15) is 16.7 Å². The van der Waals surface area contributed by atoms with Crippen LogP contribution in [-0.2, 0) is 19.5 Å². The Hall–Kier alpha value is -1.46. The van der Waals surface area contributed by atoms with Crippen LogP contribution in [0.3, 0.4) is 0 Å². The average Bonchev–Trinajstić information content (AvgIpc) is 2.38. The Kier molecular flexibility index (Phi) is 3.95. The van der Waals surface area contributed by atoms with E-state index >= 15 is 0 Å². The fourth-order valence-electron chi connectivity index (χ4n) is 2.75. The summed E-state index contributed by atoms with van der Waals surface area (Å²) in [7, 11) is 0. The third-order valence-corrected chi connectivity index (χ3v) is 4.14. The predicted molar refractivity (Wildman–Crippen MR) is 80.0 cm³/mol. The van der Waals surface area contributed by atoms with Gasteiger partial charge in [-0.3, -0.25) is 4.90 Å².